The Labute approximate surface area is 296 Å². The lowest BCUT2D eigenvalue weighted by atomic mass is 9.99. The number of carbonyl (C=O) groups excluding carboxylic acids is 1. The van der Waals surface area contributed by atoms with Crippen molar-refractivity contribution in [2.75, 3.05) is 13.2 Å². The van der Waals surface area contributed by atoms with Gasteiger partial charge >= 0.3 is 0 Å². The molecule has 7 N–H and O–H groups in total. The Morgan fingerprint density at radius 1 is 0.694 bits per heavy atom. The Hall–Kier alpha value is -1.63. The highest BCUT2D eigenvalue weighted by Gasteiger charge is 2.44. The molecule has 1 heterocycles. The minimum Gasteiger partial charge on any atom is -0.394 e. The molecular formula is C39H71NO9. The molecule has 1 amide bonds. The van der Waals surface area contributed by atoms with E-state index in [1.165, 1.54) is 57.8 Å². The Morgan fingerprint density at radius 2 is 1.20 bits per heavy atom. The van der Waals surface area contributed by atoms with Crippen LogP contribution in [-0.4, -0.2) is 98.7 Å². The average molecular weight is 698 g/mol. The Bertz CT molecular complexity index is 881. The van der Waals surface area contributed by atoms with Crippen molar-refractivity contribution in [3.8, 4) is 0 Å². The van der Waals surface area contributed by atoms with E-state index in [-0.39, 0.29) is 6.61 Å². The monoisotopic (exact) mass is 698 g/mol. The van der Waals surface area contributed by atoms with Gasteiger partial charge in [-0.15, -0.1) is 0 Å². The molecule has 0 aromatic heterocycles. The van der Waals surface area contributed by atoms with Crippen molar-refractivity contribution in [1.82, 2.24) is 5.32 Å². The molecule has 0 spiro atoms. The van der Waals surface area contributed by atoms with Crippen molar-refractivity contribution in [2.24, 2.45) is 0 Å². The quantitative estimate of drug-likeness (QED) is 0.0378. The third-order valence-corrected chi connectivity index (χ3v) is 9.03. The standard InChI is InChI=1S/C39H71NO9/c1-3-5-7-9-11-13-15-16-18-20-22-24-26-28-33(43)38(47)40-31(30-48-39-37(46)36(45)35(44)34(29-41)49-39)32(42)27-25-23-21-19-17-14-12-10-8-6-4-2/h8,10,17,19,25,27,31-37,39,41-46H,3-7,9,11-16,18,20-24,26,28-30H2,1-2H3,(H,40,47)/b10-8+,19-17+,27-25+. The van der Waals surface area contributed by atoms with E-state index in [0.717, 1.165) is 51.4 Å². The topological polar surface area (TPSA) is 169 Å². The van der Waals surface area contributed by atoms with Crippen LogP contribution in [0.3, 0.4) is 0 Å². The molecule has 1 fully saturated rings. The smallest absolute Gasteiger partial charge is 0.249 e. The van der Waals surface area contributed by atoms with Gasteiger partial charge in [-0.3, -0.25) is 4.79 Å². The molecule has 1 aliphatic rings. The Kier molecular flexibility index (Phi) is 27.8. The fourth-order valence-corrected chi connectivity index (χ4v) is 5.79. The van der Waals surface area contributed by atoms with Crippen LogP contribution >= 0.6 is 0 Å². The van der Waals surface area contributed by atoms with Crippen molar-refractivity contribution in [1.29, 1.82) is 0 Å². The van der Waals surface area contributed by atoms with Gasteiger partial charge in [-0.05, 0) is 38.5 Å². The molecule has 1 rings (SSSR count). The molecule has 286 valence electrons. The van der Waals surface area contributed by atoms with Crippen molar-refractivity contribution < 1.29 is 44.9 Å². The lowest BCUT2D eigenvalue weighted by Gasteiger charge is -2.40. The van der Waals surface area contributed by atoms with Crippen LogP contribution in [0.15, 0.2) is 36.5 Å². The highest BCUT2D eigenvalue weighted by molar-refractivity contribution is 5.80. The summed E-state index contributed by atoms with van der Waals surface area (Å²) in [5.74, 6) is -0.635. The minimum absolute atomic E-state index is 0.302. The lowest BCUT2D eigenvalue weighted by molar-refractivity contribution is -0.302. The molecule has 0 aromatic carbocycles. The summed E-state index contributed by atoms with van der Waals surface area (Å²) in [7, 11) is 0. The van der Waals surface area contributed by atoms with Crippen LogP contribution in [-0.2, 0) is 14.3 Å². The number of unbranched alkanes of at least 4 members (excludes halogenated alkanes) is 15. The van der Waals surface area contributed by atoms with E-state index in [0.29, 0.717) is 19.3 Å². The Morgan fingerprint density at radius 3 is 1.73 bits per heavy atom. The summed E-state index contributed by atoms with van der Waals surface area (Å²) in [5.41, 5.74) is 0. The van der Waals surface area contributed by atoms with E-state index in [2.05, 4.69) is 43.5 Å². The second-order valence-corrected chi connectivity index (χ2v) is 13.5. The number of aliphatic hydroxyl groups excluding tert-OH is 6. The number of hydrogen-bond donors (Lipinski definition) is 7. The highest BCUT2D eigenvalue weighted by atomic mass is 16.7. The zero-order valence-electron chi connectivity index (χ0n) is 30.5. The van der Waals surface area contributed by atoms with Crippen LogP contribution in [0.2, 0.25) is 0 Å². The first-order valence-corrected chi connectivity index (χ1v) is 19.3. The first-order valence-electron chi connectivity index (χ1n) is 19.3. The molecule has 10 heteroatoms. The molecule has 0 aromatic rings. The molecule has 0 saturated carbocycles. The number of ether oxygens (including phenoxy) is 2. The largest absolute Gasteiger partial charge is 0.394 e. The van der Waals surface area contributed by atoms with Gasteiger partial charge in [0.2, 0.25) is 5.91 Å². The maximum atomic E-state index is 12.9. The second kappa shape index (κ2) is 30.0. The van der Waals surface area contributed by atoms with Crippen molar-refractivity contribution >= 4 is 5.91 Å². The number of amides is 1. The number of allylic oxidation sites excluding steroid dienone is 5. The molecule has 1 aliphatic heterocycles. The van der Waals surface area contributed by atoms with Gasteiger partial charge in [-0.2, -0.15) is 0 Å². The number of aliphatic hydroxyl groups is 6. The van der Waals surface area contributed by atoms with Crippen molar-refractivity contribution in [3.63, 3.8) is 0 Å². The van der Waals surface area contributed by atoms with Crippen molar-refractivity contribution in [2.45, 2.75) is 191 Å². The van der Waals surface area contributed by atoms with Gasteiger partial charge in [-0.1, -0.05) is 140 Å². The molecule has 1 saturated heterocycles. The van der Waals surface area contributed by atoms with Gasteiger partial charge in [-0.25, -0.2) is 0 Å². The van der Waals surface area contributed by atoms with Gasteiger partial charge in [0, 0.05) is 0 Å². The number of carbonyl (C=O) groups is 1. The highest BCUT2D eigenvalue weighted by Crippen LogP contribution is 2.22. The molecule has 0 bridgehead atoms. The first-order chi connectivity index (χ1) is 23.8. The summed E-state index contributed by atoms with van der Waals surface area (Å²) < 4.78 is 11.0. The van der Waals surface area contributed by atoms with E-state index >= 15 is 0 Å². The summed E-state index contributed by atoms with van der Waals surface area (Å²) in [6.07, 6.45) is 23.8. The average Bonchev–Trinajstić information content (AvgIpc) is 3.10. The predicted molar refractivity (Wildman–Crippen MR) is 195 cm³/mol. The first kappa shape index (κ1) is 45.4. The van der Waals surface area contributed by atoms with Crippen LogP contribution < -0.4 is 5.32 Å². The summed E-state index contributed by atoms with van der Waals surface area (Å²) in [6, 6.07) is -0.997. The fraction of sp³-hybridized carbons (Fsp3) is 0.821. The molecule has 0 radical (unpaired) electrons. The summed E-state index contributed by atoms with van der Waals surface area (Å²) in [5, 5.41) is 64.2. The van der Waals surface area contributed by atoms with Crippen LogP contribution in [0, 0.1) is 0 Å². The van der Waals surface area contributed by atoms with Gasteiger partial charge in [0.05, 0.1) is 25.4 Å². The van der Waals surface area contributed by atoms with Gasteiger partial charge in [0.1, 0.15) is 30.5 Å². The van der Waals surface area contributed by atoms with Gasteiger partial charge < -0.3 is 45.4 Å². The summed E-state index contributed by atoms with van der Waals surface area (Å²) >= 11 is 0. The van der Waals surface area contributed by atoms with Crippen LogP contribution in [0.1, 0.15) is 142 Å². The summed E-state index contributed by atoms with van der Waals surface area (Å²) in [4.78, 5) is 12.9. The fourth-order valence-electron chi connectivity index (χ4n) is 5.79. The normalized spacial score (nSPS) is 23.5. The maximum absolute atomic E-state index is 12.9. The summed E-state index contributed by atoms with van der Waals surface area (Å²) in [6.45, 7) is 3.47. The maximum Gasteiger partial charge on any atom is 0.249 e. The van der Waals surface area contributed by atoms with Gasteiger partial charge in [0.25, 0.3) is 0 Å². The van der Waals surface area contributed by atoms with Crippen LogP contribution in [0.4, 0.5) is 0 Å². The zero-order valence-corrected chi connectivity index (χ0v) is 30.5. The predicted octanol–water partition coefficient (Wildman–Crippen LogP) is 5.52. The van der Waals surface area contributed by atoms with E-state index < -0.39 is 61.5 Å². The van der Waals surface area contributed by atoms with Gasteiger partial charge in [0.15, 0.2) is 6.29 Å². The van der Waals surface area contributed by atoms with Crippen molar-refractivity contribution in [3.05, 3.63) is 36.5 Å². The van der Waals surface area contributed by atoms with E-state index in [1.54, 1.807) is 6.08 Å². The third-order valence-electron chi connectivity index (χ3n) is 9.03. The molecule has 8 unspecified atom stereocenters. The van der Waals surface area contributed by atoms with E-state index in [9.17, 15) is 35.4 Å². The second-order valence-electron chi connectivity index (χ2n) is 13.5. The molecule has 49 heavy (non-hydrogen) atoms. The zero-order chi connectivity index (χ0) is 36.1. The molecule has 10 nitrogen and oxygen atoms in total. The third kappa shape index (κ3) is 21.4. The lowest BCUT2D eigenvalue weighted by Crippen LogP contribution is -2.60. The number of rotatable bonds is 30. The van der Waals surface area contributed by atoms with Crippen LogP contribution in [0.25, 0.3) is 0 Å². The van der Waals surface area contributed by atoms with E-state index in [4.69, 9.17) is 9.47 Å². The van der Waals surface area contributed by atoms with Crippen LogP contribution in [0.5, 0.6) is 0 Å². The molecule has 8 atom stereocenters. The number of hydrogen-bond acceptors (Lipinski definition) is 9. The van der Waals surface area contributed by atoms with E-state index in [1.807, 2.05) is 6.08 Å². The SMILES string of the molecule is CCC/C=C/CC/C=C/CC/C=C/C(O)C(COC1OC(CO)C(O)C(O)C1O)NC(=O)C(O)CCCCCCCCCCCCCCC. The molecule has 0 aliphatic carbocycles. The number of nitrogens with one attached hydrogen (secondary N) is 1. The molecular weight excluding hydrogens is 626 g/mol. The minimum atomic E-state index is -1.61. The Balaban J connectivity index is 2.55.